The standard InChI is InChI=1S/C28H36ClN5O4/c1-26(2,3)38-25(36)33-11-10-19(16-33)34-15-18(14-31-34)22(35)32-23-27(4,5)24(28(23,6)7)37-20-9-8-17(13-30)21(29)12-20/h8-9,12,14-15,19,23-24H,10-11,16H2,1-7H3,(H,32,35). The Morgan fingerprint density at radius 1 is 1.21 bits per heavy atom. The van der Waals surface area contributed by atoms with Crippen LogP contribution in [0.5, 0.6) is 5.75 Å². The highest BCUT2D eigenvalue weighted by Gasteiger charge is 2.64. The number of ether oxygens (including phenoxy) is 2. The average Bonchev–Trinajstić information content (AvgIpc) is 3.49. The lowest BCUT2D eigenvalue weighted by atomic mass is 9.49. The van der Waals surface area contributed by atoms with Crippen LogP contribution in [0.15, 0.2) is 30.6 Å². The van der Waals surface area contributed by atoms with Crippen LogP contribution in [0.25, 0.3) is 0 Å². The second-order valence-corrected chi connectivity index (χ2v) is 12.8. The van der Waals surface area contributed by atoms with E-state index in [9.17, 15) is 9.59 Å². The van der Waals surface area contributed by atoms with E-state index in [1.807, 2.05) is 20.8 Å². The number of benzene rings is 1. The Balaban J connectivity index is 1.39. The van der Waals surface area contributed by atoms with Crippen LogP contribution in [0.3, 0.4) is 0 Å². The maximum atomic E-state index is 13.2. The van der Waals surface area contributed by atoms with E-state index in [2.05, 4.69) is 44.2 Å². The molecule has 0 spiro atoms. The SMILES string of the molecule is CC(C)(C)OC(=O)N1CCC(n2cc(C(=O)NC3C(C)(C)C(Oc4ccc(C#N)c(Cl)c4)C3(C)C)cn2)C1. The van der Waals surface area contributed by atoms with Gasteiger partial charge in [0.05, 0.1) is 28.4 Å². The Hall–Kier alpha value is -3.25. The van der Waals surface area contributed by atoms with Crippen molar-refractivity contribution in [2.24, 2.45) is 10.8 Å². The summed E-state index contributed by atoms with van der Waals surface area (Å²) in [6, 6.07) is 6.92. The predicted octanol–water partition coefficient (Wildman–Crippen LogP) is 5.20. The van der Waals surface area contributed by atoms with Crippen LogP contribution in [-0.4, -0.2) is 57.5 Å². The average molecular weight is 542 g/mol. The molecule has 10 heteroatoms. The quantitative estimate of drug-likeness (QED) is 0.557. The molecule has 1 atom stereocenters. The number of halogens is 1. The van der Waals surface area contributed by atoms with Crippen molar-refractivity contribution in [1.82, 2.24) is 20.0 Å². The summed E-state index contributed by atoms with van der Waals surface area (Å²) in [6.45, 7) is 14.8. The minimum atomic E-state index is -0.547. The van der Waals surface area contributed by atoms with Gasteiger partial charge in [0.15, 0.2) is 0 Å². The van der Waals surface area contributed by atoms with Gasteiger partial charge in [-0.3, -0.25) is 9.48 Å². The van der Waals surface area contributed by atoms with Crippen LogP contribution in [0.2, 0.25) is 5.02 Å². The lowest BCUT2D eigenvalue weighted by Gasteiger charge is -2.63. The zero-order chi connectivity index (χ0) is 28.0. The molecule has 2 amide bonds. The van der Waals surface area contributed by atoms with E-state index in [-0.39, 0.29) is 41.0 Å². The third-order valence-electron chi connectivity index (χ3n) is 7.48. The molecule has 1 N–H and O–H groups in total. The first-order valence-corrected chi connectivity index (χ1v) is 13.2. The third kappa shape index (κ3) is 5.32. The fourth-order valence-corrected chi connectivity index (χ4v) is 6.13. The van der Waals surface area contributed by atoms with Crippen molar-refractivity contribution >= 4 is 23.6 Å². The zero-order valence-corrected chi connectivity index (χ0v) is 23.8. The summed E-state index contributed by atoms with van der Waals surface area (Å²) < 4.78 is 13.5. The van der Waals surface area contributed by atoms with Crippen molar-refractivity contribution < 1.29 is 19.1 Å². The van der Waals surface area contributed by atoms with Crippen LogP contribution in [0.1, 0.15) is 76.9 Å². The van der Waals surface area contributed by atoms with Gasteiger partial charge >= 0.3 is 6.09 Å². The molecule has 4 rings (SSSR count). The summed E-state index contributed by atoms with van der Waals surface area (Å²) in [6.07, 6.45) is 3.52. The van der Waals surface area contributed by atoms with E-state index in [0.717, 1.165) is 6.42 Å². The van der Waals surface area contributed by atoms with Crippen LogP contribution in [0.4, 0.5) is 4.79 Å². The first-order valence-electron chi connectivity index (χ1n) is 12.8. The molecule has 1 aromatic carbocycles. The van der Waals surface area contributed by atoms with Gasteiger partial charge in [0.2, 0.25) is 0 Å². The van der Waals surface area contributed by atoms with Gasteiger partial charge in [-0.25, -0.2) is 4.79 Å². The smallest absolute Gasteiger partial charge is 0.410 e. The summed E-state index contributed by atoms with van der Waals surface area (Å²) in [5, 5.41) is 17.1. The summed E-state index contributed by atoms with van der Waals surface area (Å²) in [4.78, 5) is 27.3. The minimum absolute atomic E-state index is 0.0160. The second kappa shape index (κ2) is 9.81. The molecule has 1 aromatic heterocycles. The summed E-state index contributed by atoms with van der Waals surface area (Å²) in [5.74, 6) is 0.382. The Morgan fingerprint density at radius 2 is 1.89 bits per heavy atom. The maximum absolute atomic E-state index is 13.2. The first-order chi connectivity index (χ1) is 17.6. The van der Waals surface area contributed by atoms with Gasteiger partial charge in [0.25, 0.3) is 5.91 Å². The number of amides is 2. The van der Waals surface area contributed by atoms with E-state index < -0.39 is 5.60 Å². The van der Waals surface area contributed by atoms with Crippen molar-refractivity contribution in [3.63, 3.8) is 0 Å². The monoisotopic (exact) mass is 541 g/mol. The Kier molecular flexibility index (Phi) is 7.17. The van der Waals surface area contributed by atoms with Gasteiger partial charge < -0.3 is 19.7 Å². The molecule has 1 saturated heterocycles. The molecule has 0 bridgehead atoms. The second-order valence-electron chi connectivity index (χ2n) is 12.4. The molecule has 9 nitrogen and oxygen atoms in total. The fraction of sp³-hybridized carbons (Fsp3) is 0.571. The molecule has 38 heavy (non-hydrogen) atoms. The number of rotatable bonds is 5. The summed E-state index contributed by atoms with van der Waals surface area (Å²) >= 11 is 6.19. The number of hydrogen-bond donors (Lipinski definition) is 1. The van der Waals surface area contributed by atoms with Crippen molar-refractivity contribution in [3.8, 4) is 11.8 Å². The molecule has 2 aliphatic rings. The van der Waals surface area contributed by atoms with E-state index in [1.165, 1.54) is 0 Å². The number of nitrogens with one attached hydrogen (secondary N) is 1. The van der Waals surface area contributed by atoms with Gasteiger partial charge in [-0.2, -0.15) is 10.4 Å². The molecular weight excluding hydrogens is 506 g/mol. The molecule has 204 valence electrons. The molecule has 1 saturated carbocycles. The molecule has 2 fully saturated rings. The fourth-order valence-electron chi connectivity index (χ4n) is 5.92. The van der Waals surface area contributed by atoms with Crippen LogP contribution < -0.4 is 10.1 Å². The highest BCUT2D eigenvalue weighted by molar-refractivity contribution is 6.31. The highest BCUT2D eigenvalue weighted by Crippen LogP contribution is 2.55. The number of nitrogens with zero attached hydrogens (tertiary/aromatic N) is 4. The number of aromatic nitrogens is 2. The summed E-state index contributed by atoms with van der Waals surface area (Å²) in [5.41, 5.74) is -0.416. The van der Waals surface area contributed by atoms with Gasteiger partial charge in [0.1, 0.15) is 23.5 Å². The lowest BCUT2D eigenvalue weighted by Crippen LogP contribution is -2.74. The van der Waals surface area contributed by atoms with Gasteiger partial charge in [-0.15, -0.1) is 0 Å². The largest absolute Gasteiger partial charge is 0.489 e. The Bertz CT molecular complexity index is 1260. The highest BCUT2D eigenvalue weighted by atomic mass is 35.5. The van der Waals surface area contributed by atoms with E-state index >= 15 is 0 Å². The van der Waals surface area contributed by atoms with Crippen molar-refractivity contribution in [2.45, 2.75) is 78.7 Å². The van der Waals surface area contributed by atoms with Crippen molar-refractivity contribution in [3.05, 3.63) is 46.7 Å². The maximum Gasteiger partial charge on any atom is 0.410 e. The van der Waals surface area contributed by atoms with E-state index in [1.54, 1.807) is 40.2 Å². The molecule has 2 heterocycles. The van der Waals surface area contributed by atoms with Crippen LogP contribution >= 0.6 is 11.6 Å². The van der Waals surface area contributed by atoms with E-state index in [0.29, 0.717) is 35.0 Å². The first kappa shape index (κ1) is 27.8. The third-order valence-corrected chi connectivity index (χ3v) is 7.80. The topological polar surface area (TPSA) is 109 Å². The predicted molar refractivity (Wildman–Crippen MR) is 143 cm³/mol. The van der Waals surface area contributed by atoms with Crippen LogP contribution in [0, 0.1) is 22.2 Å². The Labute approximate surface area is 229 Å². The molecule has 2 aromatic rings. The number of nitriles is 1. The Morgan fingerprint density at radius 3 is 2.50 bits per heavy atom. The van der Waals surface area contributed by atoms with Crippen molar-refractivity contribution in [1.29, 1.82) is 5.26 Å². The molecule has 1 aliphatic heterocycles. The minimum Gasteiger partial charge on any atom is -0.489 e. The van der Waals surface area contributed by atoms with Gasteiger partial charge in [-0.1, -0.05) is 39.3 Å². The van der Waals surface area contributed by atoms with E-state index in [4.69, 9.17) is 26.3 Å². The number of likely N-dealkylation sites (tertiary alicyclic amines) is 1. The van der Waals surface area contributed by atoms with Crippen molar-refractivity contribution in [2.75, 3.05) is 13.1 Å². The number of carbonyl (C=O) groups excluding carboxylic acids is 2. The lowest BCUT2D eigenvalue weighted by molar-refractivity contribution is -0.164. The van der Waals surface area contributed by atoms with Crippen LogP contribution in [-0.2, 0) is 4.74 Å². The van der Waals surface area contributed by atoms with Gasteiger partial charge in [-0.05, 0) is 39.3 Å². The summed E-state index contributed by atoms with van der Waals surface area (Å²) in [7, 11) is 0. The zero-order valence-electron chi connectivity index (χ0n) is 23.0. The van der Waals surface area contributed by atoms with Gasteiger partial charge in [0, 0.05) is 42.2 Å². The molecular formula is C28H36ClN5O4. The molecule has 0 radical (unpaired) electrons. The number of carbonyl (C=O) groups is 2. The molecule has 1 unspecified atom stereocenters. The number of hydrogen-bond acceptors (Lipinski definition) is 6. The normalized spacial score (nSPS) is 23.8. The molecule has 1 aliphatic carbocycles.